The van der Waals surface area contributed by atoms with E-state index < -0.39 is 11.7 Å². The third-order valence-corrected chi connectivity index (χ3v) is 3.99. The molecule has 4 aromatic rings. The third-order valence-electron chi connectivity index (χ3n) is 3.99. The van der Waals surface area contributed by atoms with Gasteiger partial charge in [-0.1, -0.05) is 6.07 Å². The topological polar surface area (TPSA) is 51.9 Å². The number of nitrogens with one attached hydrogen (secondary N) is 1. The summed E-state index contributed by atoms with van der Waals surface area (Å²) in [6.07, 6.45) is 4.95. The highest BCUT2D eigenvalue weighted by atomic mass is 19.1. The van der Waals surface area contributed by atoms with Crippen LogP contribution in [0.15, 0.2) is 79.3 Å². The second-order valence-electron chi connectivity index (χ2n) is 5.82. The first-order valence-electron chi connectivity index (χ1n) is 8.16. The quantitative estimate of drug-likeness (QED) is 0.590. The third kappa shape index (κ3) is 3.35. The van der Waals surface area contributed by atoms with Gasteiger partial charge < -0.3 is 9.88 Å². The van der Waals surface area contributed by atoms with Crippen molar-refractivity contribution in [1.82, 2.24) is 14.3 Å². The van der Waals surface area contributed by atoms with Gasteiger partial charge in [0.05, 0.1) is 11.9 Å². The van der Waals surface area contributed by atoms with E-state index in [2.05, 4.69) is 10.4 Å². The summed E-state index contributed by atoms with van der Waals surface area (Å²) in [4.78, 5) is 12.8. The smallest absolute Gasteiger partial charge is 0.261 e. The molecule has 0 aliphatic carbocycles. The first kappa shape index (κ1) is 16.7. The Morgan fingerprint density at radius 2 is 1.67 bits per heavy atom. The van der Waals surface area contributed by atoms with Gasteiger partial charge in [-0.15, -0.1) is 0 Å². The van der Waals surface area contributed by atoms with E-state index in [0.29, 0.717) is 22.8 Å². The molecule has 27 heavy (non-hydrogen) atoms. The lowest BCUT2D eigenvalue weighted by Crippen LogP contribution is -2.15. The number of aromatic nitrogens is 3. The molecule has 2 aromatic carbocycles. The largest absolute Gasteiger partial charge is 0.322 e. The molecule has 5 nitrogen and oxygen atoms in total. The predicted octanol–water partition coefficient (Wildman–Crippen LogP) is 4.19. The number of anilines is 1. The minimum atomic E-state index is -0.409. The lowest BCUT2D eigenvalue weighted by atomic mass is 10.2. The van der Waals surface area contributed by atoms with E-state index in [1.165, 1.54) is 47.3 Å². The Balaban J connectivity index is 1.77. The van der Waals surface area contributed by atoms with Crippen molar-refractivity contribution in [2.24, 2.45) is 0 Å². The van der Waals surface area contributed by atoms with Gasteiger partial charge in [0.25, 0.3) is 5.91 Å². The molecule has 1 N–H and O–H groups in total. The van der Waals surface area contributed by atoms with Crippen molar-refractivity contribution >= 4 is 11.6 Å². The van der Waals surface area contributed by atoms with Crippen LogP contribution in [0.3, 0.4) is 0 Å². The lowest BCUT2D eigenvalue weighted by Gasteiger charge is -2.11. The number of halogens is 2. The van der Waals surface area contributed by atoms with Crippen LogP contribution >= 0.6 is 0 Å². The summed E-state index contributed by atoms with van der Waals surface area (Å²) in [5, 5.41) is 6.99. The molecular formula is C20H14F2N4O. The normalized spacial score (nSPS) is 10.7. The van der Waals surface area contributed by atoms with E-state index >= 15 is 0 Å². The number of nitrogens with zero attached hydrogens (tertiary/aromatic N) is 3. The van der Waals surface area contributed by atoms with Gasteiger partial charge in [-0.2, -0.15) is 5.10 Å². The summed E-state index contributed by atoms with van der Waals surface area (Å²) in [5.41, 5.74) is 1.23. The summed E-state index contributed by atoms with van der Waals surface area (Å²) >= 11 is 0. The molecule has 134 valence electrons. The van der Waals surface area contributed by atoms with Crippen LogP contribution in [0.25, 0.3) is 11.5 Å². The number of rotatable bonds is 4. The highest BCUT2D eigenvalue weighted by Gasteiger charge is 2.20. The standard InChI is InChI=1S/C20H14F2N4O/c21-14-6-8-16(9-7-14)24-19(27)18-13-23-26(17-5-3-4-15(22)12-17)20(18)25-10-1-2-11-25/h1-13H,(H,24,27). The molecule has 0 saturated heterocycles. The molecule has 0 atom stereocenters. The van der Waals surface area contributed by atoms with Gasteiger partial charge in [0.15, 0.2) is 5.82 Å². The van der Waals surface area contributed by atoms with E-state index in [0.717, 1.165) is 0 Å². The van der Waals surface area contributed by atoms with Crippen LogP contribution in [0.4, 0.5) is 14.5 Å². The summed E-state index contributed by atoms with van der Waals surface area (Å²) in [7, 11) is 0. The maximum atomic E-state index is 13.7. The second-order valence-corrected chi connectivity index (χ2v) is 5.82. The zero-order chi connectivity index (χ0) is 18.8. The molecular weight excluding hydrogens is 350 g/mol. The van der Waals surface area contributed by atoms with E-state index in [4.69, 9.17) is 0 Å². The van der Waals surface area contributed by atoms with Gasteiger partial charge in [-0.05, 0) is 54.6 Å². The SMILES string of the molecule is O=C(Nc1ccc(F)cc1)c1cnn(-c2cccc(F)c2)c1-n1cccc1. The fraction of sp³-hybridized carbons (Fsp3) is 0. The summed E-state index contributed by atoms with van der Waals surface area (Å²) in [5.74, 6) is -0.739. The number of benzene rings is 2. The molecule has 0 aliphatic rings. The lowest BCUT2D eigenvalue weighted by molar-refractivity contribution is 0.102. The molecule has 0 radical (unpaired) electrons. The van der Waals surface area contributed by atoms with Crippen LogP contribution in [0.1, 0.15) is 10.4 Å². The average molecular weight is 364 g/mol. The highest BCUT2D eigenvalue weighted by Crippen LogP contribution is 2.21. The van der Waals surface area contributed by atoms with E-state index in [1.54, 1.807) is 29.1 Å². The predicted molar refractivity (Wildman–Crippen MR) is 97.2 cm³/mol. The Labute approximate surface area is 153 Å². The Morgan fingerprint density at radius 3 is 2.37 bits per heavy atom. The molecule has 1 amide bonds. The Morgan fingerprint density at radius 1 is 0.926 bits per heavy atom. The van der Waals surface area contributed by atoms with Crippen molar-refractivity contribution in [3.63, 3.8) is 0 Å². The molecule has 0 saturated carbocycles. The van der Waals surface area contributed by atoms with E-state index in [9.17, 15) is 13.6 Å². The van der Waals surface area contributed by atoms with E-state index in [-0.39, 0.29) is 5.82 Å². The van der Waals surface area contributed by atoms with Crippen molar-refractivity contribution < 1.29 is 13.6 Å². The van der Waals surface area contributed by atoms with Gasteiger partial charge >= 0.3 is 0 Å². The fourth-order valence-corrected chi connectivity index (χ4v) is 2.75. The Bertz CT molecular complexity index is 1090. The number of hydrogen-bond donors (Lipinski definition) is 1. The van der Waals surface area contributed by atoms with Crippen LogP contribution in [0, 0.1) is 11.6 Å². The van der Waals surface area contributed by atoms with Crippen molar-refractivity contribution in [2.45, 2.75) is 0 Å². The number of carbonyl (C=O) groups excluding carboxylic acids is 1. The molecule has 2 aromatic heterocycles. The summed E-state index contributed by atoms with van der Waals surface area (Å²) in [6.45, 7) is 0. The maximum absolute atomic E-state index is 13.7. The highest BCUT2D eigenvalue weighted by molar-refractivity contribution is 6.06. The number of amides is 1. The van der Waals surface area contributed by atoms with Crippen LogP contribution in [-0.4, -0.2) is 20.3 Å². The summed E-state index contributed by atoms with van der Waals surface area (Å²) in [6, 6.07) is 15.0. The first-order valence-corrected chi connectivity index (χ1v) is 8.16. The monoisotopic (exact) mass is 364 g/mol. The van der Waals surface area contributed by atoms with Crippen molar-refractivity contribution in [3.05, 3.63) is 96.5 Å². The maximum Gasteiger partial charge on any atom is 0.261 e. The molecule has 0 bridgehead atoms. The van der Waals surface area contributed by atoms with Gasteiger partial charge in [-0.25, -0.2) is 13.5 Å². The molecule has 0 aliphatic heterocycles. The zero-order valence-corrected chi connectivity index (χ0v) is 14.0. The minimum Gasteiger partial charge on any atom is -0.322 e. The van der Waals surface area contributed by atoms with Crippen LogP contribution in [0.2, 0.25) is 0 Å². The first-order chi connectivity index (χ1) is 13.1. The summed E-state index contributed by atoms with van der Waals surface area (Å²) < 4.78 is 29.9. The molecule has 0 spiro atoms. The number of hydrogen-bond acceptors (Lipinski definition) is 2. The van der Waals surface area contributed by atoms with Gasteiger partial charge in [0.2, 0.25) is 0 Å². The van der Waals surface area contributed by atoms with Crippen molar-refractivity contribution in [1.29, 1.82) is 0 Å². The number of carbonyl (C=O) groups is 1. The average Bonchev–Trinajstić information content (AvgIpc) is 3.32. The van der Waals surface area contributed by atoms with Crippen LogP contribution in [-0.2, 0) is 0 Å². The van der Waals surface area contributed by atoms with Crippen molar-refractivity contribution in [3.8, 4) is 11.5 Å². The molecule has 4 rings (SSSR count). The zero-order valence-electron chi connectivity index (χ0n) is 14.0. The van der Waals surface area contributed by atoms with E-state index in [1.807, 2.05) is 12.1 Å². The second kappa shape index (κ2) is 6.87. The van der Waals surface area contributed by atoms with Crippen LogP contribution in [0.5, 0.6) is 0 Å². The molecule has 2 heterocycles. The van der Waals surface area contributed by atoms with Crippen molar-refractivity contribution in [2.75, 3.05) is 5.32 Å². The van der Waals surface area contributed by atoms with Gasteiger partial charge in [0.1, 0.15) is 17.2 Å². The van der Waals surface area contributed by atoms with Gasteiger partial charge in [-0.3, -0.25) is 4.79 Å². The fourth-order valence-electron chi connectivity index (χ4n) is 2.75. The molecule has 7 heteroatoms. The van der Waals surface area contributed by atoms with Crippen LogP contribution < -0.4 is 5.32 Å². The molecule has 0 fully saturated rings. The van der Waals surface area contributed by atoms with Gasteiger partial charge in [0, 0.05) is 18.1 Å². The minimum absolute atomic E-state index is 0.291. The Kier molecular flexibility index (Phi) is 4.25. The Hall–Kier alpha value is -3.74. The molecule has 0 unspecified atom stereocenters.